The predicted octanol–water partition coefficient (Wildman–Crippen LogP) is 3.52. The number of nitrogens with two attached hydrogens (primary N) is 2. The van der Waals surface area contributed by atoms with E-state index >= 15 is 0 Å². The first-order valence-corrected chi connectivity index (χ1v) is 13.4. The van der Waals surface area contributed by atoms with Gasteiger partial charge < -0.3 is 21.4 Å². The van der Waals surface area contributed by atoms with Gasteiger partial charge in [-0.1, -0.05) is 6.07 Å². The van der Waals surface area contributed by atoms with Gasteiger partial charge in [0.25, 0.3) is 11.4 Å². The molecule has 2 fully saturated rings. The van der Waals surface area contributed by atoms with Crippen molar-refractivity contribution >= 4 is 23.2 Å². The van der Waals surface area contributed by atoms with Crippen LogP contribution in [0.5, 0.6) is 0 Å². The minimum absolute atomic E-state index is 0.0315. The van der Waals surface area contributed by atoms with Gasteiger partial charge in [0.2, 0.25) is 5.82 Å². The topological polar surface area (TPSA) is 174 Å². The Bertz CT molecular complexity index is 1720. The van der Waals surface area contributed by atoms with Gasteiger partial charge in [-0.2, -0.15) is 36.0 Å². The number of hydrogen-bond donors (Lipinski definition) is 3. The Kier molecular flexibility index (Phi) is 6.67. The summed E-state index contributed by atoms with van der Waals surface area (Å²) in [5, 5.41) is 11.7. The molecule has 2 aliphatic heterocycles. The predicted molar refractivity (Wildman–Crippen MR) is 140 cm³/mol. The number of anilines is 1. The van der Waals surface area contributed by atoms with Crippen molar-refractivity contribution < 1.29 is 35.9 Å². The number of nitrogen functional groups attached to an aromatic ring is 1. The molecule has 232 valence electrons. The number of halogens is 6. The van der Waals surface area contributed by atoms with Gasteiger partial charge in [0.1, 0.15) is 12.1 Å². The summed E-state index contributed by atoms with van der Waals surface area (Å²) in [6, 6.07) is 1.21. The van der Waals surface area contributed by atoms with Gasteiger partial charge >= 0.3 is 12.4 Å². The minimum atomic E-state index is -5.87. The number of fused-ring (bicyclic) bond motifs is 3. The lowest BCUT2D eigenvalue weighted by Gasteiger charge is -2.38. The molecule has 4 aromatic rings. The highest BCUT2D eigenvalue weighted by Gasteiger charge is 2.70. The Morgan fingerprint density at radius 2 is 1.68 bits per heavy atom. The second-order valence-electron chi connectivity index (χ2n) is 10.9. The summed E-state index contributed by atoms with van der Waals surface area (Å²) in [7, 11) is 0. The molecule has 1 amide bonds. The Morgan fingerprint density at radius 1 is 1.02 bits per heavy atom. The molecule has 2 aliphatic rings. The molecular formula is C26H24F6N10O2. The molecule has 0 spiro atoms. The van der Waals surface area contributed by atoms with Gasteiger partial charge in [-0.15, -0.1) is 10.2 Å². The highest BCUT2D eigenvalue weighted by molar-refractivity contribution is 6.00. The van der Waals surface area contributed by atoms with Crippen LogP contribution in [-0.4, -0.2) is 75.8 Å². The van der Waals surface area contributed by atoms with E-state index in [1.54, 1.807) is 4.90 Å². The van der Waals surface area contributed by atoms with Crippen molar-refractivity contribution in [2.45, 2.75) is 68.5 Å². The van der Waals surface area contributed by atoms with E-state index in [0.29, 0.717) is 24.6 Å². The van der Waals surface area contributed by atoms with E-state index in [9.17, 15) is 35.9 Å². The van der Waals surface area contributed by atoms with E-state index < -0.39 is 23.6 Å². The summed E-state index contributed by atoms with van der Waals surface area (Å²) in [5.74, 6) is -0.863. The van der Waals surface area contributed by atoms with Crippen LogP contribution >= 0.6 is 0 Å². The highest BCUT2D eigenvalue weighted by atomic mass is 19.4. The van der Waals surface area contributed by atoms with Crippen molar-refractivity contribution in [3.8, 4) is 11.1 Å². The molecule has 0 aliphatic carbocycles. The molecular weight excluding hydrogens is 598 g/mol. The maximum Gasteiger partial charge on any atom is 0.421 e. The number of pyridine rings is 1. The molecule has 3 atom stereocenters. The standard InChI is InChI=1S/C26H24F6N10O2/c1-11(43)18-19(13-6-14-3-4-15(7-13)41(14)23(44)21-36-10-37-40-21)39-22-16(9-38-42(22)20(18)33)12-2-5-17(35-8-12)24(34,25(27,28)29)26(30,31)32/h2,5,8-10,13-15H,3-4,6-7,33-34H2,1H3,(H,36,37,40)/t13-,14+,15-. The molecule has 4 aromatic heterocycles. The lowest BCUT2D eigenvalue weighted by atomic mass is 9.85. The average Bonchev–Trinajstić information content (AvgIpc) is 3.69. The van der Waals surface area contributed by atoms with E-state index in [0.717, 1.165) is 25.1 Å². The summed E-state index contributed by atoms with van der Waals surface area (Å²) in [6.07, 6.45) is -5.96. The van der Waals surface area contributed by atoms with Gasteiger partial charge in [0.05, 0.1) is 23.1 Å². The largest absolute Gasteiger partial charge is 0.421 e. The van der Waals surface area contributed by atoms with Crippen LogP contribution in [0.15, 0.2) is 30.9 Å². The summed E-state index contributed by atoms with van der Waals surface area (Å²) >= 11 is 0. The molecule has 2 saturated heterocycles. The van der Waals surface area contributed by atoms with Crippen LogP contribution in [0.2, 0.25) is 0 Å². The zero-order chi connectivity index (χ0) is 31.8. The molecule has 18 heteroatoms. The van der Waals surface area contributed by atoms with E-state index in [2.05, 4.69) is 25.3 Å². The van der Waals surface area contributed by atoms with Crippen molar-refractivity contribution in [3.05, 3.63) is 53.6 Å². The molecule has 6 rings (SSSR count). The van der Waals surface area contributed by atoms with Crippen LogP contribution < -0.4 is 11.5 Å². The number of alkyl halides is 6. The summed E-state index contributed by atoms with van der Waals surface area (Å²) in [6.45, 7) is 1.33. The normalized spacial score (nSPS) is 20.8. The van der Waals surface area contributed by atoms with Gasteiger partial charge in [0, 0.05) is 35.3 Å². The van der Waals surface area contributed by atoms with Crippen molar-refractivity contribution in [2.24, 2.45) is 5.73 Å². The number of piperidine rings is 1. The molecule has 44 heavy (non-hydrogen) atoms. The van der Waals surface area contributed by atoms with Gasteiger partial charge in [-0.25, -0.2) is 4.98 Å². The van der Waals surface area contributed by atoms with E-state index in [1.165, 1.54) is 24.0 Å². The SMILES string of the molecule is CC(=O)c1c([C@H]2C[C@H]3CC[C@@H](C2)N3C(=O)c2nnc[nH]2)nc2c(-c3ccc(C(N)(C(F)(F)F)C(F)(F)F)nc3)cnn2c1N. The fourth-order valence-electron chi connectivity index (χ4n) is 6.29. The van der Waals surface area contributed by atoms with Crippen molar-refractivity contribution in [3.63, 3.8) is 0 Å². The first kappa shape index (κ1) is 29.5. The number of ketones is 1. The molecule has 12 nitrogen and oxygen atoms in total. The number of nitrogens with one attached hydrogen (secondary N) is 1. The first-order chi connectivity index (χ1) is 20.6. The highest BCUT2D eigenvalue weighted by Crippen LogP contribution is 2.48. The van der Waals surface area contributed by atoms with Gasteiger partial charge in [-0.05, 0) is 38.7 Å². The van der Waals surface area contributed by atoms with Crippen molar-refractivity contribution in [1.29, 1.82) is 0 Å². The monoisotopic (exact) mass is 622 g/mol. The van der Waals surface area contributed by atoms with Crippen molar-refractivity contribution in [1.82, 2.24) is 39.7 Å². The molecule has 2 bridgehead atoms. The maximum absolute atomic E-state index is 13.5. The number of Topliss-reactive ketones (excluding diaryl/α,β-unsaturated/α-hetero) is 1. The zero-order valence-corrected chi connectivity index (χ0v) is 22.8. The van der Waals surface area contributed by atoms with Crippen LogP contribution in [-0.2, 0) is 5.54 Å². The Hall–Kier alpha value is -4.61. The number of H-pyrrole nitrogens is 1. The van der Waals surface area contributed by atoms with Crippen LogP contribution in [0.25, 0.3) is 16.8 Å². The Labute approximate surface area is 243 Å². The van der Waals surface area contributed by atoms with E-state index in [-0.39, 0.29) is 63.7 Å². The number of nitrogens with zero attached hydrogens (tertiary/aromatic N) is 7. The lowest BCUT2D eigenvalue weighted by Crippen LogP contribution is -2.61. The molecule has 0 unspecified atom stereocenters. The fourth-order valence-corrected chi connectivity index (χ4v) is 6.29. The summed E-state index contributed by atoms with van der Waals surface area (Å²) < 4.78 is 81.9. The molecule has 6 heterocycles. The van der Waals surface area contributed by atoms with E-state index in [4.69, 9.17) is 16.5 Å². The Balaban J connectivity index is 1.39. The maximum atomic E-state index is 13.5. The molecule has 0 saturated carbocycles. The number of aromatic amines is 1. The number of carbonyl (C=O) groups is 2. The van der Waals surface area contributed by atoms with Crippen LogP contribution in [0.1, 0.15) is 70.9 Å². The second kappa shape index (κ2) is 9.96. The molecule has 5 N–H and O–H groups in total. The third kappa shape index (κ3) is 4.37. The van der Waals surface area contributed by atoms with Crippen molar-refractivity contribution in [2.75, 3.05) is 5.73 Å². The fraction of sp³-hybridized carbons (Fsp3) is 0.423. The molecule has 0 radical (unpaired) electrons. The molecule has 0 aromatic carbocycles. The minimum Gasteiger partial charge on any atom is -0.383 e. The first-order valence-electron chi connectivity index (χ1n) is 13.4. The quantitative estimate of drug-likeness (QED) is 0.222. The Morgan fingerprint density at radius 3 is 2.20 bits per heavy atom. The third-order valence-electron chi connectivity index (χ3n) is 8.41. The summed E-state index contributed by atoms with van der Waals surface area (Å²) in [4.78, 5) is 38.5. The van der Waals surface area contributed by atoms with Crippen LogP contribution in [0.4, 0.5) is 32.2 Å². The second-order valence-corrected chi connectivity index (χ2v) is 10.9. The number of carbonyl (C=O) groups excluding carboxylic acids is 2. The zero-order valence-electron chi connectivity index (χ0n) is 22.8. The van der Waals surface area contributed by atoms with Gasteiger partial charge in [0.15, 0.2) is 11.4 Å². The van der Waals surface area contributed by atoms with Crippen LogP contribution in [0.3, 0.4) is 0 Å². The van der Waals surface area contributed by atoms with Crippen LogP contribution in [0, 0.1) is 0 Å². The smallest absolute Gasteiger partial charge is 0.383 e. The third-order valence-corrected chi connectivity index (χ3v) is 8.41. The van der Waals surface area contributed by atoms with Gasteiger partial charge in [-0.3, -0.25) is 14.6 Å². The number of amides is 1. The number of aromatic nitrogens is 7. The average molecular weight is 623 g/mol. The number of hydrogen-bond acceptors (Lipinski definition) is 9. The number of rotatable bonds is 5. The van der Waals surface area contributed by atoms with E-state index in [1.807, 2.05) is 0 Å². The lowest BCUT2D eigenvalue weighted by molar-refractivity contribution is -0.303. The summed E-state index contributed by atoms with van der Waals surface area (Å²) in [5.41, 5.74) is 6.06.